The maximum absolute atomic E-state index is 12.1. The predicted molar refractivity (Wildman–Crippen MR) is 80.2 cm³/mol. The number of rotatable bonds is 4. The van der Waals surface area contributed by atoms with Crippen molar-refractivity contribution in [2.75, 3.05) is 26.2 Å². The van der Waals surface area contributed by atoms with Gasteiger partial charge < -0.3 is 15.3 Å². The van der Waals surface area contributed by atoms with Gasteiger partial charge in [0.15, 0.2) is 0 Å². The second kappa shape index (κ2) is 7.43. The Balaban J connectivity index is 1.86. The number of piperidine rings is 1. The number of hydrogen-bond acceptors (Lipinski definition) is 3. The van der Waals surface area contributed by atoms with E-state index in [0.717, 1.165) is 12.8 Å². The Morgan fingerprint density at radius 2 is 2.14 bits per heavy atom. The Morgan fingerprint density at radius 1 is 1.38 bits per heavy atom. The molecule has 1 atom stereocenters. The Labute approximate surface area is 128 Å². The van der Waals surface area contributed by atoms with E-state index in [0.29, 0.717) is 23.7 Å². The molecule has 2 rings (SSSR count). The van der Waals surface area contributed by atoms with Crippen molar-refractivity contribution in [3.8, 4) is 0 Å². The van der Waals surface area contributed by atoms with Crippen LogP contribution in [0.2, 0.25) is 5.02 Å². The van der Waals surface area contributed by atoms with Crippen LogP contribution in [0.1, 0.15) is 23.2 Å². The second-order valence-corrected chi connectivity index (χ2v) is 5.60. The average molecular weight is 311 g/mol. The van der Waals surface area contributed by atoms with Crippen LogP contribution in [0.5, 0.6) is 0 Å². The van der Waals surface area contributed by atoms with Gasteiger partial charge in [0.05, 0.1) is 17.1 Å². The molecule has 114 valence electrons. The van der Waals surface area contributed by atoms with Crippen LogP contribution in [0.3, 0.4) is 0 Å². The SMILES string of the molecule is O=C(NCC(=O)N1CCCC(CO)C1)c1ccccc1Cl. The van der Waals surface area contributed by atoms with Crippen LogP contribution < -0.4 is 5.32 Å². The van der Waals surface area contributed by atoms with E-state index >= 15 is 0 Å². The van der Waals surface area contributed by atoms with Crippen molar-refractivity contribution >= 4 is 23.4 Å². The van der Waals surface area contributed by atoms with Crippen LogP contribution in [-0.2, 0) is 4.79 Å². The minimum Gasteiger partial charge on any atom is -0.396 e. The number of carbonyl (C=O) groups is 2. The van der Waals surface area contributed by atoms with Crippen LogP contribution in [-0.4, -0.2) is 48.1 Å². The lowest BCUT2D eigenvalue weighted by Gasteiger charge is -2.31. The van der Waals surface area contributed by atoms with Gasteiger partial charge in [-0.15, -0.1) is 0 Å². The first-order chi connectivity index (χ1) is 10.1. The quantitative estimate of drug-likeness (QED) is 0.881. The van der Waals surface area contributed by atoms with E-state index < -0.39 is 0 Å². The topological polar surface area (TPSA) is 69.6 Å². The predicted octanol–water partition coefficient (Wildman–Crippen LogP) is 1.30. The van der Waals surface area contributed by atoms with Gasteiger partial charge in [0.25, 0.3) is 5.91 Å². The van der Waals surface area contributed by atoms with Crippen LogP contribution in [0.4, 0.5) is 0 Å². The van der Waals surface area contributed by atoms with Gasteiger partial charge in [-0.2, -0.15) is 0 Å². The van der Waals surface area contributed by atoms with Crippen molar-refractivity contribution in [3.63, 3.8) is 0 Å². The number of carbonyl (C=O) groups excluding carboxylic acids is 2. The Hall–Kier alpha value is -1.59. The summed E-state index contributed by atoms with van der Waals surface area (Å²) in [7, 11) is 0. The van der Waals surface area contributed by atoms with Gasteiger partial charge in [-0.3, -0.25) is 9.59 Å². The van der Waals surface area contributed by atoms with Gasteiger partial charge in [0.2, 0.25) is 5.91 Å². The first kappa shape index (κ1) is 15.8. The Morgan fingerprint density at radius 3 is 2.86 bits per heavy atom. The van der Waals surface area contributed by atoms with Gasteiger partial charge in [-0.1, -0.05) is 23.7 Å². The molecule has 5 nitrogen and oxygen atoms in total. The largest absolute Gasteiger partial charge is 0.396 e. The van der Waals surface area contributed by atoms with E-state index in [2.05, 4.69) is 5.32 Å². The van der Waals surface area contributed by atoms with E-state index in [1.807, 2.05) is 0 Å². The Kier molecular flexibility index (Phi) is 5.59. The highest BCUT2D eigenvalue weighted by Crippen LogP contribution is 2.16. The molecule has 1 fully saturated rings. The third-order valence-corrected chi connectivity index (χ3v) is 3.98. The summed E-state index contributed by atoms with van der Waals surface area (Å²) >= 11 is 5.94. The van der Waals surface area contributed by atoms with Gasteiger partial charge in [-0.25, -0.2) is 0 Å². The fourth-order valence-corrected chi connectivity index (χ4v) is 2.67. The van der Waals surface area contributed by atoms with Gasteiger partial charge in [0.1, 0.15) is 0 Å². The number of hydrogen-bond donors (Lipinski definition) is 2. The van der Waals surface area contributed by atoms with Crippen molar-refractivity contribution in [2.45, 2.75) is 12.8 Å². The van der Waals surface area contributed by atoms with Crippen molar-refractivity contribution in [1.82, 2.24) is 10.2 Å². The monoisotopic (exact) mass is 310 g/mol. The molecule has 0 saturated carbocycles. The standard InChI is InChI=1S/C15H19ClN2O3/c16-13-6-2-1-5-12(13)15(21)17-8-14(20)18-7-3-4-11(9-18)10-19/h1-2,5-6,11,19H,3-4,7-10H2,(H,17,21). The zero-order valence-corrected chi connectivity index (χ0v) is 12.5. The maximum Gasteiger partial charge on any atom is 0.253 e. The van der Waals surface area contributed by atoms with Crippen molar-refractivity contribution in [2.24, 2.45) is 5.92 Å². The van der Waals surface area contributed by atoms with Crippen LogP contribution in [0, 0.1) is 5.92 Å². The van der Waals surface area contributed by atoms with E-state index in [-0.39, 0.29) is 30.9 Å². The molecular weight excluding hydrogens is 292 g/mol. The molecule has 0 spiro atoms. The lowest BCUT2D eigenvalue weighted by molar-refractivity contribution is -0.132. The summed E-state index contributed by atoms with van der Waals surface area (Å²) in [5, 5.41) is 12.1. The summed E-state index contributed by atoms with van der Waals surface area (Å²) in [6.07, 6.45) is 1.82. The van der Waals surface area contributed by atoms with Gasteiger partial charge in [0, 0.05) is 19.7 Å². The maximum atomic E-state index is 12.1. The molecule has 1 heterocycles. The number of aliphatic hydroxyl groups is 1. The summed E-state index contributed by atoms with van der Waals surface area (Å²) in [6, 6.07) is 6.71. The van der Waals surface area contributed by atoms with Crippen molar-refractivity contribution in [3.05, 3.63) is 34.9 Å². The molecule has 1 saturated heterocycles. The van der Waals surface area contributed by atoms with E-state index in [4.69, 9.17) is 16.7 Å². The minimum atomic E-state index is -0.357. The molecule has 1 aromatic rings. The van der Waals surface area contributed by atoms with E-state index in [9.17, 15) is 9.59 Å². The molecule has 21 heavy (non-hydrogen) atoms. The number of nitrogens with zero attached hydrogens (tertiary/aromatic N) is 1. The molecule has 1 aliphatic heterocycles. The number of benzene rings is 1. The first-order valence-corrected chi connectivity index (χ1v) is 7.41. The summed E-state index contributed by atoms with van der Waals surface area (Å²) in [5.74, 6) is -0.347. The molecule has 1 unspecified atom stereocenters. The number of likely N-dealkylation sites (tertiary alicyclic amines) is 1. The lowest BCUT2D eigenvalue weighted by atomic mass is 9.99. The molecular formula is C15H19ClN2O3. The van der Waals surface area contributed by atoms with E-state index in [1.54, 1.807) is 29.2 Å². The molecule has 1 aromatic carbocycles. The number of halogens is 1. The highest BCUT2D eigenvalue weighted by atomic mass is 35.5. The molecule has 0 aliphatic carbocycles. The normalized spacial score (nSPS) is 18.4. The third kappa shape index (κ3) is 4.19. The van der Waals surface area contributed by atoms with Crippen LogP contribution in [0.25, 0.3) is 0 Å². The average Bonchev–Trinajstić information content (AvgIpc) is 2.52. The highest BCUT2D eigenvalue weighted by Gasteiger charge is 2.23. The molecule has 0 aromatic heterocycles. The zero-order chi connectivity index (χ0) is 15.2. The summed E-state index contributed by atoms with van der Waals surface area (Å²) in [5.41, 5.74) is 0.360. The first-order valence-electron chi connectivity index (χ1n) is 7.03. The zero-order valence-electron chi connectivity index (χ0n) is 11.7. The molecule has 2 amide bonds. The van der Waals surface area contributed by atoms with Crippen molar-refractivity contribution < 1.29 is 14.7 Å². The van der Waals surface area contributed by atoms with Crippen LogP contribution in [0.15, 0.2) is 24.3 Å². The van der Waals surface area contributed by atoms with E-state index in [1.165, 1.54) is 0 Å². The summed E-state index contributed by atoms with van der Waals surface area (Å²) < 4.78 is 0. The highest BCUT2D eigenvalue weighted by molar-refractivity contribution is 6.33. The molecule has 0 radical (unpaired) electrons. The smallest absolute Gasteiger partial charge is 0.253 e. The number of amides is 2. The number of nitrogens with one attached hydrogen (secondary N) is 1. The number of aliphatic hydroxyl groups excluding tert-OH is 1. The third-order valence-electron chi connectivity index (χ3n) is 3.65. The fraction of sp³-hybridized carbons (Fsp3) is 0.467. The molecule has 1 aliphatic rings. The summed E-state index contributed by atoms with van der Waals surface area (Å²) in [4.78, 5) is 25.7. The minimum absolute atomic E-state index is 0.0534. The molecule has 0 bridgehead atoms. The van der Waals surface area contributed by atoms with Gasteiger partial charge in [-0.05, 0) is 30.9 Å². The second-order valence-electron chi connectivity index (χ2n) is 5.19. The Bertz CT molecular complexity index is 521. The fourth-order valence-electron chi connectivity index (χ4n) is 2.45. The van der Waals surface area contributed by atoms with Crippen molar-refractivity contribution in [1.29, 1.82) is 0 Å². The molecule has 2 N–H and O–H groups in total. The van der Waals surface area contributed by atoms with Crippen LogP contribution >= 0.6 is 11.6 Å². The lowest BCUT2D eigenvalue weighted by Crippen LogP contribution is -2.45. The van der Waals surface area contributed by atoms with Gasteiger partial charge >= 0.3 is 0 Å². The molecule has 6 heteroatoms. The summed E-state index contributed by atoms with van der Waals surface area (Å²) in [6.45, 7) is 1.27.